The minimum atomic E-state index is 0.131. The van der Waals surface area contributed by atoms with Crippen molar-refractivity contribution in [3.63, 3.8) is 0 Å². The topological polar surface area (TPSA) is 9.23 Å². The SMILES string of the molecule is CCOc1c(Cl)c(Cl)c(Cl)c(Cl)c1Cl. The maximum atomic E-state index is 5.87. The summed E-state index contributed by atoms with van der Waals surface area (Å²) in [4.78, 5) is 0. The van der Waals surface area contributed by atoms with Crippen LogP contribution in [0.4, 0.5) is 0 Å². The molecule has 0 aliphatic rings. The van der Waals surface area contributed by atoms with Gasteiger partial charge in [-0.15, -0.1) is 0 Å². The number of hydrogen-bond donors (Lipinski definition) is 0. The largest absolute Gasteiger partial charge is 0.491 e. The van der Waals surface area contributed by atoms with Crippen molar-refractivity contribution in [3.8, 4) is 5.75 Å². The zero-order chi connectivity index (χ0) is 10.9. The van der Waals surface area contributed by atoms with Crippen molar-refractivity contribution >= 4 is 58.0 Å². The number of benzene rings is 1. The summed E-state index contributed by atoms with van der Waals surface area (Å²) < 4.78 is 5.19. The summed E-state index contributed by atoms with van der Waals surface area (Å²) in [6.07, 6.45) is 0. The van der Waals surface area contributed by atoms with Crippen molar-refractivity contribution in [3.05, 3.63) is 25.1 Å². The van der Waals surface area contributed by atoms with Gasteiger partial charge in [-0.3, -0.25) is 0 Å². The van der Waals surface area contributed by atoms with E-state index >= 15 is 0 Å². The highest BCUT2D eigenvalue weighted by Gasteiger charge is 2.19. The fraction of sp³-hybridized carbons (Fsp3) is 0.250. The first-order valence-corrected chi connectivity index (χ1v) is 5.53. The average molecular weight is 294 g/mol. The molecule has 0 radical (unpaired) electrons. The van der Waals surface area contributed by atoms with Crippen molar-refractivity contribution in [1.29, 1.82) is 0 Å². The molecule has 14 heavy (non-hydrogen) atoms. The zero-order valence-electron chi connectivity index (χ0n) is 7.01. The normalized spacial score (nSPS) is 10.4. The molecule has 0 aliphatic carbocycles. The van der Waals surface area contributed by atoms with Gasteiger partial charge < -0.3 is 4.74 Å². The number of halogens is 5. The van der Waals surface area contributed by atoms with E-state index in [9.17, 15) is 0 Å². The first kappa shape index (κ1) is 12.5. The molecular weight excluding hydrogens is 289 g/mol. The van der Waals surface area contributed by atoms with Gasteiger partial charge in [0.2, 0.25) is 0 Å². The first-order chi connectivity index (χ1) is 6.50. The molecule has 1 nitrogen and oxygen atoms in total. The van der Waals surface area contributed by atoms with Crippen molar-refractivity contribution in [2.24, 2.45) is 0 Å². The lowest BCUT2D eigenvalue weighted by Crippen LogP contribution is -1.94. The molecule has 0 saturated heterocycles. The average Bonchev–Trinajstić information content (AvgIpc) is 2.19. The summed E-state index contributed by atoms with van der Waals surface area (Å²) >= 11 is 29.1. The lowest BCUT2D eigenvalue weighted by atomic mass is 10.3. The van der Waals surface area contributed by atoms with Crippen LogP contribution in [0.2, 0.25) is 25.1 Å². The predicted molar refractivity (Wildman–Crippen MR) is 62.7 cm³/mol. The van der Waals surface area contributed by atoms with Crippen LogP contribution in [0, 0.1) is 0 Å². The molecule has 0 aromatic heterocycles. The van der Waals surface area contributed by atoms with E-state index in [4.69, 9.17) is 62.7 Å². The quantitative estimate of drug-likeness (QED) is 0.527. The Morgan fingerprint density at radius 1 is 0.786 bits per heavy atom. The third kappa shape index (κ3) is 2.17. The predicted octanol–water partition coefficient (Wildman–Crippen LogP) is 5.35. The third-order valence-electron chi connectivity index (χ3n) is 1.46. The van der Waals surface area contributed by atoms with Crippen LogP contribution in [-0.2, 0) is 0 Å². The minimum absolute atomic E-state index is 0.131. The number of hydrogen-bond acceptors (Lipinski definition) is 1. The van der Waals surface area contributed by atoms with Gasteiger partial charge in [-0.05, 0) is 6.92 Å². The van der Waals surface area contributed by atoms with Gasteiger partial charge in [0.25, 0.3) is 0 Å². The van der Waals surface area contributed by atoms with E-state index in [0.29, 0.717) is 6.61 Å². The molecule has 1 aromatic carbocycles. The van der Waals surface area contributed by atoms with E-state index in [-0.39, 0.29) is 30.9 Å². The van der Waals surface area contributed by atoms with Gasteiger partial charge in [-0.25, -0.2) is 0 Å². The molecule has 78 valence electrons. The fourth-order valence-electron chi connectivity index (χ4n) is 0.856. The Balaban J connectivity index is 3.43. The number of rotatable bonds is 2. The van der Waals surface area contributed by atoms with Crippen molar-refractivity contribution < 1.29 is 4.74 Å². The van der Waals surface area contributed by atoms with Crippen LogP contribution < -0.4 is 4.74 Å². The summed E-state index contributed by atoms with van der Waals surface area (Å²) in [5.74, 6) is 0.259. The second-order valence-corrected chi connectivity index (χ2v) is 4.22. The third-order valence-corrected chi connectivity index (χ3v) is 3.70. The van der Waals surface area contributed by atoms with E-state index in [0.717, 1.165) is 0 Å². The molecule has 0 aliphatic heterocycles. The molecule has 0 amide bonds. The Kier molecular flexibility index (Phi) is 4.48. The summed E-state index contributed by atoms with van der Waals surface area (Å²) in [6.45, 7) is 2.21. The summed E-state index contributed by atoms with van der Waals surface area (Å²) in [5, 5.41) is 0.769. The van der Waals surface area contributed by atoms with Gasteiger partial charge in [0.1, 0.15) is 10.0 Å². The van der Waals surface area contributed by atoms with E-state index in [1.165, 1.54) is 0 Å². The van der Waals surface area contributed by atoms with E-state index in [1.54, 1.807) is 6.92 Å². The summed E-state index contributed by atoms with van der Waals surface area (Å²) in [6, 6.07) is 0. The van der Waals surface area contributed by atoms with Crippen LogP contribution in [0.25, 0.3) is 0 Å². The molecule has 1 rings (SSSR count). The zero-order valence-corrected chi connectivity index (χ0v) is 10.8. The Labute approximate surface area is 107 Å². The smallest absolute Gasteiger partial charge is 0.159 e. The molecular formula is C8H5Cl5O. The maximum Gasteiger partial charge on any atom is 0.159 e. The Morgan fingerprint density at radius 3 is 1.50 bits per heavy atom. The second-order valence-electron chi connectivity index (χ2n) is 2.33. The molecule has 6 heteroatoms. The van der Waals surface area contributed by atoms with Crippen LogP contribution in [-0.4, -0.2) is 6.61 Å². The molecule has 0 atom stereocenters. The molecule has 0 N–H and O–H groups in total. The highest BCUT2D eigenvalue weighted by molar-refractivity contribution is 6.55. The molecule has 0 saturated carbocycles. The van der Waals surface area contributed by atoms with E-state index in [2.05, 4.69) is 0 Å². The Hall–Kier alpha value is 0.470. The molecule has 0 heterocycles. The molecule has 1 aromatic rings. The highest BCUT2D eigenvalue weighted by Crippen LogP contribution is 2.48. The molecule has 0 unspecified atom stereocenters. The van der Waals surface area contributed by atoms with Crippen LogP contribution in [0.3, 0.4) is 0 Å². The van der Waals surface area contributed by atoms with Gasteiger partial charge in [0, 0.05) is 0 Å². The standard InChI is InChI=1S/C8H5Cl5O/c1-2-14-8-6(12)4(10)3(9)5(11)7(8)13/h2H2,1H3. The highest BCUT2D eigenvalue weighted by atomic mass is 35.5. The van der Waals surface area contributed by atoms with Gasteiger partial charge in [-0.2, -0.15) is 0 Å². The first-order valence-electron chi connectivity index (χ1n) is 3.64. The van der Waals surface area contributed by atoms with Crippen LogP contribution >= 0.6 is 58.0 Å². The lowest BCUT2D eigenvalue weighted by molar-refractivity contribution is 0.340. The molecule has 0 bridgehead atoms. The van der Waals surface area contributed by atoms with Gasteiger partial charge in [0.15, 0.2) is 5.75 Å². The second kappa shape index (κ2) is 5.00. The van der Waals surface area contributed by atoms with E-state index in [1.807, 2.05) is 0 Å². The van der Waals surface area contributed by atoms with Crippen LogP contribution in [0.1, 0.15) is 6.92 Å². The van der Waals surface area contributed by atoms with Crippen LogP contribution in [0.5, 0.6) is 5.75 Å². The van der Waals surface area contributed by atoms with Crippen LogP contribution in [0.15, 0.2) is 0 Å². The van der Waals surface area contributed by atoms with E-state index < -0.39 is 0 Å². The van der Waals surface area contributed by atoms with Gasteiger partial charge in [0.05, 0.1) is 21.7 Å². The number of ether oxygens (including phenoxy) is 1. The van der Waals surface area contributed by atoms with Crippen molar-refractivity contribution in [2.45, 2.75) is 6.92 Å². The Bertz CT molecular complexity index is 334. The van der Waals surface area contributed by atoms with Gasteiger partial charge >= 0.3 is 0 Å². The summed E-state index contributed by atoms with van der Waals surface area (Å²) in [5.41, 5.74) is 0. The maximum absolute atomic E-state index is 5.87. The summed E-state index contributed by atoms with van der Waals surface area (Å²) in [7, 11) is 0. The Morgan fingerprint density at radius 2 is 1.14 bits per heavy atom. The van der Waals surface area contributed by atoms with Gasteiger partial charge in [-0.1, -0.05) is 58.0 Å². The lowest BCUT2D eigenvalue weighted by Gasteiger charge is -2.12. The monoisotopic (exact) mass is 292 g/mol. The van der Waals surface area contributed by atoms with Crippen molar-refractivity contribution in [1.82, 2.24) is 0 Å². The van der Waals surface area contributed by atoms with Crippen molar-refractivity contribution in [2.75, 3.05) is 6.61 Å². The minimum Gasteiger partial charge on any atom is -0.491 e. The fourth-order valence-corrected chi connectivity index (χ4v) is 2.09. The molecule has 0 spiro atoms. The molecule has 0 fully saturated rings.